The number of imidazole rings is 1. The molecule has 1 atom stereocenters. The van der Waals surface area contributed by atoms with Crippen LogP contribution in [0.5, 0.6) is 5.75 Å². The number of para-hydroxylation sites is 2. The SMILES string of the molecule is O=C(COc1cccc(Cl)c1)N1CCCC1c1nc2ccccc2[nH]1. The molecule has 25 heavy (non-hydrogen) atoms. The van der Waals surface area contributed by atoms with Crippen LogP contribution in [0.25, 0.3) is 11.0 Å². The number of likely N-dealkylation sites (tertiary alicyclic amines) is 1. The average molecular weight is 356 g/mol. The van der Waals surface area contributed by atoms with Crippen molar-refractivity contribution in [3.63, 3.8) is 0 Å². The summed E-state index contributed by atoms with van der Waals surface area (Å²) in [7, 11) is 0. The number of carbonyl (C=O) groups is 1. The number of rotatable bonds is 4. The van der Waals surface area contributed by atoms with E-state index in [1.165, 1.54) is 0 Å². The Morgan fingerprint density at radius 1 is 1.28 bits per heavy atom. The van der Waals surface area contributed by atoms with Gasteiger partial charge in [0.1, 0.15) is 11.6 Å². The first kappa shape index (κ1) is 16.0. The number of H-pyrrole nitrogens is 1. The van der Waals surface area contributed by atoms with Crippen LogP contribution in [0.4, 0.5) is 0 Å². The summed E-state index contributed by atoms with van der Waals surface area (Å²) in [4.78, 5) is 22.5. The van der Waals surface area contributed by atoms with Crippen molar-refractivity contribution in [2.75, 3.05) is 13.2 Å². The minimum atomic E-state index is -0.0390. The number of nitrogens with one attached hydrogen (secondary N) is 1. The van der Waals surface area contributed by atoms with E-state index in [-0.39, 0.29) is 18.6 Å². The van der Waals surface area contributed by atoms with Gasteiger partial charge in [0.15, 0.2) is 6.61 Å². The van der Waals surface area contributed by atoms with Crippen molar-refractivity contribution in [1.29, 1.82) is 0 Å². The van der Waals surface area contributed by atoms with Crippen LogP contribution in [0, 0.1) is 0 Å². The van der Waals surface area contributed by atoms with Crippen LogP contribution in [-0.4, -0.2) is 33.9 Å². The number of hydrogen-bond acceptors (Lipinski definition) is 3. The number of aromatic amines is 1. The molecular weight excluding hydrogens is 338 g/mol. The molecule has 0 spiro atoms. The third kappa shape index (κ3) is 3.33. The number of aromatic nitrogens is 2. The van der Waals surface area contributed by atoms with Gasteiger partial charge in [0.05, 0.1) is 17.1 Å². The molecule has 2 aromatic carbocycles. The van der Waals surface area contributed by atoms with E-state index in [4.69, 9.17) is 16.3 Å². The smallest absolute Gasteiger partial charge is 0.261 e. The molecule has 128 valence electrons. The van der Waals surface area contributed by atoms with Crippen molar-refractivity contribution >= 4 is 28.5 Å². The fourth-order valence-electron chi connectivity index (χ4n) is 3.26. The zero-order valence-corrected chi connectivity index (χ0v) is 14.4. The van der Waals surface area contributed by atoms with Crippen LogP contribution in [0.3, 0.4) is 0 Å². The Bertz CT molecular complexity index is 875. The molecule has 1 aromatic heterocycles. The molecule has 0 aliphatic carbocycles. The molecule has 1 saturated heterocycles. The van der Waals surface area contributed by atoms with Gasteiger partial charge in [0.2, 0.25) is 0 Å². The van der Waals surface area contributed by atoms with Crippen LogP contribution < -0.4 is 4.74 Å². The Kier molecular flexibility index (Phi) is 4.32. The third-order valence-corrected chi connectivity index (χ3v) is 4.69. The number of carbonyl (C=O) groups excluding carboxylic acids is 1. The minimum Gasteiger partial charge on any atom is -0.484 e. The average Bonchev–Trinajstić information content (AvgIpc) is 3.26. The Balaban J connectivity index is 1.47. The molecule has 0 bridgehead atoms. The summed E-state index contributed by atoms with van der Waals surface area (Å²) in [5, 5.41) is 0.589. The Labute approximate surface area is 150 Å². The highest BCUT2D eigenvalue weighted by Gasteiger charge is 2.32. The lowest BCUT2D eigenvalue weighted by molar-refractivity contribution is -0.134. The maximum absolute atomic E-state index is 12.6. The summed E-state index contributed by atoms with van der Waals surface area (Å²) < 4.78 is 5.60. The highest BCUT2D eigenvalue weighted by molar-refractivity contribution is 6.30. The lowest BCUT2D eigenvalue weighted by Crippen LogP contribution is -2.34. The Morgan fingerprint density at radius 2 is 2.16 bits per heavy atom. The van der Waals surface area contributed by atoms with Gasteiger partial charge in [-0.2, -0.15) is 0 Å². The molecule has 5 nitrogen and oxygen atoms in total. The van der Waals surface area contributed by atoms with Crippen molar-refractivity contribution in [1.82, 2.24) is 14.9 Å². The van der Waals surface area contributed by atoms with E-state index in [1.807, 2.05) is 29.2 Å². The van der Waals surface area contributed by atoms with Gasteiger partial charge in [-0.1, -0.05) is 29.8 Å². The summed E-state index contributed by atoms with van der Waals surface area (Å²) in [6, 6.07) is 14.9. The van der Waals surface area contributed by atoms with Gasteiger partial charge in [-0.05, 0) is 43.2 Å². The van der Waals surface area contributed by atoms with E-state index in [2.05, 4.69) is 9.97 Å². The first-order valence-corrected chi connectivity index (χ1v) is 8.71. The lowest BCUT2D eigenvalue weighted by Gasteiger charge is -2.23. The van der Waals surface area contributed by atoms with Crippen molar-refractivity contribution in [2.45, 2.75) is 18.9 Å². The summed E-state index contributed by atoms with van der Waals surface area (Å²) >= 11 is 5.94. The van der Waals surface area contributed by atoms with E-state index in [0.29, 0.717) is 10.8 Å². The standard InChI is InChI=1S/C19H18ClN3O2/c20-13-5-3-6-14(11-13)25-12-18(24)23-10-4-9-17(23)19-21-15-7-1-2-8-16(15)22-19/h1-3,5-8,11,17H,4,9-10,12H2,(H,21,22). The molecule has 1 unspecified atom stereocenters. The Morgan fingerprint density at radius 3 is 3.00 bits per heavy atom. The van der Waals surface area contributed by atoms with Crippen LogP contribution in [0.1, 0.15) is 24.7 Å². The largest absolute Gasteiger partial charge is 0.484 e. The molecule has 1 fully saturated rings. The fraction of sp³-hybridized carbons (Fsp3) is 0.263. The summed E-state index contributed by atoms with van der Waals surface area (Å²) in [5.41, 5.74) is 1.92. The number of hydrogen-bond donors (Lipinski definition) is 1. The maximum Gasteiger partial charge on any atom is 0.261 e. The highest BCUT2D eigenvalue weighted by Crippen LogP contribution is 2.31. The quantitative estimate of drug-likeness (QED) is 0.770. The van der Waals surface area contributed by atoms with Crippen molar-refractivity contribution in [3.05, 3.63) is 59.4 Å². The predicted molar refractivity (Wildman–Crippen MR) is 96.7 cm³/mol. The Hall–Kier alpha value is -2.53. The summed E-state index contributed by atoms with van der Waals surface area (Å²) in [6.07, 6.45) is 1.87. The zero-order valence-electron chi connectivity index (χ0n) is 13.6. The van der Waals surface area contributed by atoms with Gasteiger partial charge in [0.25, 0.3) is 5.91 Å². The number of ether oxygens (including phenoxy) is 1. The minimum absolute atomic E-state index is 0.00291. The molecule has 3 aromatic rings. The second kappa shape index (κ2) is 6.76. The fourth-order valence-corrected chi connectivity index (χ4v) is 3.44. The zero-order chi connectivity index (χ0) is 17.2. The van der Waals surface area contributed by atoms with Gasteiger partial charge >= 0.3 is 0 Å². The highest BCUT2D eigenvalue weighted by atomic mass is 35.5. The lowest BCUT2D eigenvalue weighted by atomic mass is 10.2. The summed E-state index contributed by atoms with van der Waals surface area (Å²) in [5.74, 6) is 1.40. The third-order valence-electron chi connectivity index (χ3n) is 4.45. The van der Waals surface area contributed by atoms with Crippen LogP contribution in [0.2, 0.25) is 5.02 Å². The molecule has 2 heterocycles. The second-order valence-electron chi connectivity index (χ2n) is 6.13. The summed E-state index contributed by atoms with van der Waals surface area (Å²) in [6.45, 7) is 0.719. The van der Waals surface area contributed by atoms with E-state index in [1.54, 1.807) is 24.3 Å². The van der Waals surface area contributed by atoms with Gasteiger partial charge < -0.3 is 14.6 Å². The molecule has 4 rings (SSSR count). The van der Waals surface area contributed by atoms with Gasteiger partial charge in [-0.25, -0.2) is 4.98 Å². The monoisotopic (exact) mass is 355 g/mol. The number of fused-ring (bicyclic) bond motifs is 1. The second-order valence-corrected chi connectivity index (χ2v) is 6.57. The van der Waals surface area contributed by atoms with Crippen LogP contribution >= 0.6 is 11.6 Å². The van der Waals surface area contributed by atoms with E-state index in [9.17, 15) is 4.79 Å². The van der Waals surface area contributed by atoms with Crippen LogP contribution in [0.15, 0.2) is 48.5 Å². The maximum atomic E-state index is 12.6. The van der Waals surface area contributed by atoms with Crippen molar-refractivity contribution in [3.8, 4) is 5.75 Å². The first-order valence-electron chi connectivity index (χ1n) is 8.33. The number of benzene rings is 2. The molecule has 1 amide bonds. The van der Waals surface area contributed by atoms with Gasteiger partial charge in [-0.15, -0.1) is 0 Å². The normalized spacial score (nSPS) is 17.2. The number of amides is 1. The molecule has 0 radical (unpaired) electrons. The molecule has 1 aliphatic rings. The topological polar surface area (TPSA) is 58.2 Å². The molecule has 1 aliphatic heterocycles. The first-order chi connectivity index (χ1) is 12.2. The van der Waals surface area contributed by atoms with Crippen molar-refractivity contribution in [2.24, 2.45) is 0 Å². The van der Waals surface area contributed by atoms with Gasteiger partial charge in [0, 0.05) is 11.6 Å². The predicted octanol–water partition coefficient (Wildman–Crippen LogP) is 3.96. The van der Waals surface area contributed by atoms with Crippen molar-refractivity contribution < 1.29 is 9.53 Å². The van der Waals surface area contributed by atoms with E-state index in [0.717, 1.165) is 36.2 Å². The molecular formula is C19H18ClN3O2. The molecule has 1 N–H and O–H groups in total. The van der Waals surface area contributed by atoms with Gasteiger partial charge in [-0.3, -0.25) is 4.79 Å². The van der Waals surface area contributed by atoms with E-state index < -0.39 is 0 Å². The van der Waals surface area contributed by atoms with Crippen LogP contribution in [-0.2, 0) is 4.79 Å². The molecule has 6 heteroatoms. The molecule has 0 saturated carbocycles. The number of nitrogens with zero attached hydrogens (tertiary/aromatic N) is 2. The van der Waals surface area contributed by atoms with E-state index >= 15 is 0 Å². The number of halogens is 1.